The first-order chi connectivity index (χ1) is 16.0. The molecule has 0 radical (unpaired) electrons. The molecule has 1 aliphatic rings. The van der Waals surface area contributed by atoms with Crippen LogP contribution < -0.4 is 4.74 Å². The number of hydrogen-bond acceptors (Lipinski definition) is 4. The SMILES string of the molecule is CC(CC(=O)O)OC(=O)COc1cccc2c1CCCC2.CCCCCCCCCCCC. The van der Waals surface area contributed by atoms with Crippen molar-refractivity contribution in [2.24, 2.45) is 0 Å². The quantitative estimate of drug-likeness (QED) is 0.219. The molecule has 0 spiro atoms. The minimum absolute atomic E-state index is 0.194. The third-order valence-corrected chi connectivity index (χ3v) is 5.95. The molecule has 5 nitrogen and oxygen atoms in total. The Morgan fingerprint density at radius 2 is 1.48 bits per heavy atom. The van der Waals surface area contributed by atoms with Crippen LogP contribution in [0.5, 0.6) is 5.75 Å². The highest BCUT2D eigenvalue weighted by atomic mass is 16.6. The van der Waals surface area contributed by atoms with Crippen molar-refractivity contribution in [2.45, 2.75) is 123 Å². The maximum absolute atomic E-state index is 11.6. The van der Waals surface area contributed by atoms with Crippen molar-refractivity contribution in [3.63, 3.8) is 0 Å². The number of esters is 1. The molecule has 2 rings (SSSR count). The van der Waals surface area contributed by atoms with Crippen LogP contribution in [0, 0.1) is 0 Å². The molecule has 5 heteroatoms. The van der Waals surface area contributed by atoms with E-state index in [0.29, 0.717) is 0 Å². The highest BCUT2D eigenvalue weighted by molar-refractivity contribution is 5.72. The van der Waals surface area contributed by atoms with E-state index in [1.54, 1.807) is 6.92 Å². The Kier molecular flexibility index (Phi) is 16.2. The summed E-state index contributed by atoms with van der Waals surface area (Å²) < 4.78 is 10.5. The van der Waals surface area contributed by atoms with Crippen LogP contribution >= 0.6 is 0 Å². The molecule has 0 aliphatic heterocycles. The molecule has 1 unspecified atom stereocenters. The number of carbonyl (C=O) groups is 2. The van der Waals surface area contributed by atoms with E-state index >= 15 is 0 Å². The first-order valence-electron chi connectivity index (χ1n) is 13.1. The van der Waals surface area contributed by atoms with Crippen molar-refractivity contribution in [3.8, 4) is 5.75 Å². The second-order valence-electron chi connectivity index (χ2n) is 9.12. The topological polar surface area (TPSA) is 72.8 Å². The molecule has 0 bridgehead atoms. The van der Waals surface area contributed by atoms with Crippen LogP contribution in [-0.2, 0) is 27.2 Å². The van der Waals surface area contributed by atoms with Crippen LogP contribution in [0.25, 0.3) is 0 Å². The van der Waals surface area contributed by atoms with Gasteiger partial charge in [-0.3, -0.25) is 4.79 Å². The molecule has 0 heterocycles. The zero-order valence-electron chi connectivity index (χ0n) is 21.2. The fourth-order valence-corrected chi connectivity index (χ4v) is 4.12. The van der Waals surface area contributed by atoms with Gasteiger partial charge in [0.15, 0.2) is 6.61 Å². The molecule has 188 valence electrons. The molecular weight excluding hydrogens is 416 g/mol. The number of rotatable bonds is 15. The molecule has 0 amide bonds. The van der Waals surface area contributed by atoms with Crippen molar-refractivity contribution < 1.29 is 24.2 Å². The van der Waals surface area contributed by atoms with Crippen molar-refractivity contribution in [2.75, 3.05) is 6.61 Å². The summed E-state index contributed by atoms with van der Waals surface area (Å²) in [4.78, 5) is 22.1. The number of carbonyl (C=O) groups excluding carboxylic acids is 1. The van der Waals surface area contributed by atoms with Crippen molar-refractivity contribution in [3.05, 3.63) is 29.3 Å². The summed E-state index contributed by atoms with van der Waals surface area (Å²) in [6.45, 7) is 5.92. The molecule has 1 aliphatic carbocycles. The smallest absolute Gasteiger partial charge is 0.344 e. The Balaban J connectivity index is 0.000000389. The summed E-state index contributed by atoms with van der Waals surface area (Å²) in [6.07, 6.45) is 17.9. The third kappa shape index (κ3) is 14.0. The Hall–Kier alpha value is -2.04. The van der Waals surface area contributed by atoms with E-state index in [1.807, 2.05) is 12.1 Å². The normalized spacial score (nSPS) is 13.3. The minimum Gasteiger partial charge on any atom is -0.482 e. The number of fused-ring (bicyclic) bond motifs is 1. The van der Waals surface area contributed by atoms with Gasteiger partial charge in [-0.25, -0.2) is 4.79 Å². The fourth-order valence-electron chi connectivity index (χ4n) is 4.12. The fraction of sp³-hybridized carbons (Fsp3) is 0.714. The van der Waals surface area contributed by atoms with Crippen LogP contribution in [0.4, 0.5) is 0 Å². The average molecular weight is 463 g/mol. The number of ether oxygens (including phenoxy) is 2. The number of hydrogen-bond donors (Lipinski definition) is 1. The summed E-state index contributed by atoms with van der Waals surface area (Å²) in [5, 5.41) is 8.61. The number of benzene rings is 1. The van der Waals surface area contributed by atoms with Gasteiger partial charge in [0, 0.05) is 0 Å². The van der Waals surface area contributed by atoms with Crippen LogP contribution in [0.2, 0.25) is 0 Å². The summed E-state index contributed by atoms with van der Waals surface area (Å²) in [5.74, 6) is -0.805. The summed E-state index contributed by atoms with van der Waals surface area (Å²) in [6, 6.07) is 5.88. The molecule has 1 aromatic rings. The number of carboxylic acid groups (broad SMARTS) is 1. The van der Waals surface area contributed by atoms with Gasteiger partial charge < -0.3 is 14.6 Å². The van der Waals surface area contributed by atoms with Gasteiger partial charge in [0.25, 0.3) is 0 Å². The lowest BCUT2D eigenvalue weighted by molar-refractivity contribution is -0.153. The van der Waals surface area contributed by atoms with Gasteiger partial charge in [0.05, 0.1) is 6.42 Å². The zero-order chi connectivity index (χ0) is 24.3. The van der Waals surface area contributed by atoms with E-state index in [0.717, 1.165) is 25.0 Å². The predicted molar refractivity (Wildman–Crippen MR) is 134 cm³/mol. The number of aliphatic carboxylic acids is 1. The third-order valence-electron chi connectivity index (χ3n) is 5.95. The molecule has 1 atom stereocenters. The molecule has 0 aromatic heterocycles. The highest BCUT2D eigenvalue weighted by Crippen LogP contribution is 2.29. The van der Waals surface area contributed by atoms with E-state index in [1.165, 1.54) is 81.8 Å². The van der Waals surface area contributed by atoms with Gasteiger partial charge in [-0.15, -0.1) is 0 Å². The number of unbranched alkanes of at least 4 members (excludes halogenated alkanes) is 9. The molecule has 0 saturated carbocycles. The standard InChI is InChI=1S/C16H20O5.C12H26/c1-11(9-15(17)18)21-16(19)10-20-14-8-4-6-12-5-2-3-7-13(12)14;1-3-5-7-9-11-12-10-8-6-4-2/h4,6,8,11H,2-3,5,7,9-10H2,1H3,(H,17,18);3-12H2,1-2H3. The molecule has 0 fully saturated rings. The Labute approximate surface area is 201 Å². The zero-order valence-corrected chi connectivity index (χ0v) is 21.2. The highest BCUT2D eigenvalue weighted by Gasteiger charge is 2.17. The summed E-state index contributed by atoms with van der Waals surface area (Å²) >= 11 is 0. The van der Waals surface area contributed by atoms with Crippen LogP contribution in [-0.4, -0.2) is 29.8 Å². The number of aryl methyl sites for hydroxylation is 1. The first-order valence-corrected chi connectivity index (χ1v) is 13.1. The van der Waals surface area contributed by atoms with E-state index in [4.69, 9.17) is 14.6 Å². The first kappa shape index (κ1) is 29.0. The van der Waals surface area contributed by atoms with E-state index in [9.17, 15) is 9.59 Å². The van der Waals surface area contributed by atoms with Gasteiger partial charge in [-0.1, -0.05) is 90.2 Å². The molecule has 33 heavy (non-hydrogen) atoms. The monoisotopic (exact) mass is 462 g/mol. The molecule has 1 aromatic carbocycles. The lowest BCUT2D eigenvalue weighted by atomic mass is 9.91. The van der Waals surface area contributed by atoms with E-state index in [2.05, 4.69) is 19.9 Å². The van der Waals surface area contributed by atoms with Gasteiger partial charge >= 0.3 is 11.9 Å². The largest absolute Gasteiger partial charge is 0.482 e. The van der Waals surface area contributed by atoms with E-state index in [-0.39, 0.29) is 13.0 Å². The van der Waals surface area contributed by atoms with Gasteiger partial charge in [0.1, 0.15) is 11.9 Å². The Bertz CT molecular complexity index is 660. The second-order valence-corrected chi connectivity index (χ2v) is 9.12. The Morgan fingerprint density at radius 3 is 2.06 bits per heavy atom. The minimum atomic E-state index is -0.992. The molecular formula is C28H46O5. The van der Waals surface area contributed by atoms with Crippen LogP contribution in [0.15, 0.2) is 18.2 Å². The average Bonchev–Trinajstić information content (AvgIpc) is 2.79. The van der Waals surface area contributed by atoms with Crippen molar-refractivity contribution in [1.82, 2.24) is 0 Å². The molecule has 1 N–H and O–H groups in total. The second kappa shape index (κ2) is 18.4. The van der Waals surface area contributed by atoms with Crippen molar-refractivity contribution in [1.29, 1.82) is 0 Å². The molecule has 0 saturated heterocycles. The maximum Gasteiger partial charge on any atom is 0.344 e. The van der Waals surface area contributed by atoms with Crippen LogP contribution in [0.1, 0.15) is 115 Å². The maximum atomic E-state index is 11.6. The van der Waals surface area contributed by atoms with Crippen LogP contribution in [0.3, 0.4) is 0 Å². The van der Waals surface area contributed by atoms with Crippen molar-refractivity contribution >= 4 is 11.9 Å². The van der Waals surface area contributed by atoms with Gasteiger partial charge in [0.2, 0.25) is 0 Å². The van der Waals surface area contributed by atoms with Gasteiger partial charge in [-0.05, 0) is 49.8 Å². The Morgan fingerprint density at radius 1 is 0.909 bits per heavy atom. The lowest BCUT2D eigenvalue weighted by Crippen LogP contribution is -2.23. The summed E-state index contributed by atoms with van der Waals surface area (Å²) in [5.41, 5.74) is 2.46. The van der Waals surface area contributed by atoms with E-state index < -0.39 is 18.0 Å². The lowest BCUT2D eigenvalue weighted by Gasteiger charge is -2.19. The number of carboxylic acids is 1. The van der Waals surface area contributed by atoms with Gasteiger partial charge in [-0.2, -0.15) is 0 Å². The predicted octanol–water partition coefficient (Wildman–Crippen LogP) is 7.28. The summed E-state index contributed by atoms with van der Waals surface area (Å²) in [7, 11) is 0.